The Morgan fingerprint density at radius 1 is 1.06 bits per heavy atom. The van der Waals surface area contributed by atoms with Crippen molar-refractivity contribution in [2.45, 2.75) is 36.7 Å². The first-order chi connectivity index (χ1) is 15.7. The Bertz CT molecular complexity index is 1250. The number of pyridine rings is 1. The second-order valence-electron chi connectivity index (χ2n) is 7.91. The topological polar surface area (TPSA) is 72.7 Å². The van der Waals surface area contributed by atoms with Crippen LogP contribution < -0.4 is 5.32 Å². The maximum atomic E-state index is 12.7. The molecule has 1 N–H and O–H groups in total. The molecule has 6 nitrogen and oxygen atoms in total. The van der Waals surface area contributed by atoms with Crippen molar-refractivity contribution in [3.8, 4) is 17.1 Å². The number of carbonyl (C=O) groups is 1. The molecule has 4 aromatic rings. The van der Waals surface area contributed by atoms with Crippen LogP contribution in [0.1, 0.15) is 34.3 Å². The minimum atomic E-state index is 0.00123. The Labute approximate surface area is 191 Å². The normalized spacial score (nSPS) is 13.2. The summed E-state index contributed by atoms with van der Waals surface area (Å²) >= 11 is 1.58. The second-order valence-corrected chi connectivity index (χ2v) is 8.85. The average Bonchev–Trinajstić information content (AvgIpc) is 3.53. The van der Waals surface area contributed by atoms with Crippen molar-refractivity contribution >= 4 is 17.7 Å². The highest BCUT2D eigenvalue weighted by molar-refractivity contribution is 7.98. The van der Waals surface area contributed by atoms with E-state index in [9.17, 15) is 4.79 Å². The first-order valence-electron chi connectivity index (χ1n) is 10.6. The van der Waals surface area contributed by atoms with Crippen molar-refractivity contribution in [2.75, 3.05) is 0 Å². The highest BCUT2D eigenvalue weighted by atomic mass is 32.2. The Morgan fingerprint density at radius 3 is 2.66 bits per heavy atom. The van der Waals surface area contributed by atoms with Crippen molar-refractivity contribution < 1.29 is 4.79 Å². The number of thioether (sulfide) groups is 1. The molecule has 1 fully saturated rings. The lowest BCUT2D eigenvalue weighted by Crippen LogP contribution is -2.26. The molecule has 0 atom stereocenters. The monoisotopic (exact) mass is 441 g/mol. The van der Waals surface area contributed by atoms with Gasteiger partial charge in [0.1, 0.15) is 0 Å². The fourth-order valence-corrected chi connectivity index (χ4v) is 4.51. The summed E-state index contributed by atoms with van der Waals surface area (Å²) in [6.07, 6.45) is 5.65. The van der Waals surface area contributed by atoms with Crippen LogP contribution in [-0.4, -0.2) is 31.7 Å². The smallest absolute Gasteiger partial charge is 0.251 e. The Kier molecular flexibility index (Phi) is 5.73. The molecule has 0 bridgehead atoms. The molecule has 2 aromatic carbocycles. The first-order valence-corrected chi connectivity index (χ1v) is 11.6. The zero-order valence-electron chi connectivity index (χ0n) is 17.7. The van der Waals surface area contributed by atoms with Gasteiger partial charge in [-0.25, -0.2) is 0 Å². The number of carbonyl (C=O) groups excluding carboxylic acids is 1. The standard InChI is InChI=1S/C25H23N5OS/c1-17-5-4-7-21(15-17)30-23(18-11-13-26-14-12-18)28-29-25(30)32-16-19-6-2-3-8-22(19)24(31)27-20-9-10-20/h2-8,11-15,20H,9-10,16H2,1H3,(H,27,31). The molecule has 1 aliphatic rings. The van der Waals surface area contributed by atoms with Gasteiger partial charge in [0.05, 0.1) is 0 Å². The van der Waals surface area contributed by atoms with Crippen molar-refractivity contribution in [2.24, 2.45) is 0 Å². The predicted octanol–water partition coefficient (Wildman–Crippen LogP) is 4.82. The van der Waals surface area contributed by atoms with Gasteiger partial charge in [-0.2, -0.15) is 0 Å². The second kappa shape index (κ2) is 8.96. The third-order valence-electron chi connectivity index (χ3n) is 5.36. The van der Waals surface area contributed by atoms with Crippen LogP contribution in [0.4, 0.5) is 0 Å². The van der Waals surface area contributed by atoms with E-state index in [0.717, 1.165) is 51.8 Å². The molecule has 0 saturated heterocycles. The maximum absolute atomic E-state index is 12.7. The van der Waals surface area contributed by atoms with Gasteiger partial charge in [0.25, 0.3) is 5.91 Å². The molecule has 1 aliphatic carbocycles. The van der Waals surface area contributed by atoms with E-state index in [0.29, 0.717) is 11.8 Å². The van der Waals surface area contributed by atoms with E-state index in [1.807, 2.05) is 42.5 Å². The number of benzene rings is 2. The molecular formula is C25H23N5OS. The molecule has 0 aliphatic heterocycles. The van der Waals surface area contributed by atoms with E-state index in [1.54, 1.807) is 24.2 Å². The fraction of sp³-hybridized carbons (Fsp3) is 0.200. The first kappa shape index (κ1) is 20.5. The van der Waals surface area contributed by atoms with Crippen LogP contribution in [0.3, 0.4) is 0 Å². The summed E-state index contributed by atoms with van der Waals surface area (Å²) in [5.41, 5.74) is 4.83. The van der Waals surface area contributed by atoms with Crippen LogP contribution in [0.15, 0.2) is 78.2 Å². The van der Waals surface area contributed by atoms with E-state index >= 15 is 0 Å². The largest absolute Gasteiger partial charge is 0.349 e. The van der Waals surface area contributed by atoms with Crippen LogP contribution in [0, 0.1) is 6.92 Å². The highest BCUT2D eigenvalue weighted by Gasteiger charge is 2.25. The lowest BCUT2D eigenvalue weighted by molar-refractivity contribution is 0.0950. The third kappa shape index (κ3) is 4.43. The molecule has 1 amide bonds. The van der Waals surface area contributed by atoms with Gasteiger partial charge >= 0.3 is 0 Å². The van der Waals surface area contributed by atoms with Gasteiger partial charge in [-0.1, -0.05) is 42.1 Å². The predicted molar refractivity (Wildman–Crippen MR) is 126 cm³/mol. The number of amides is 1. The van der Waals surface area contributed by atoms with Gasteiger partial charge in [-0.15, -0.1) is 10.2 Å². The molecule has 2 aromatic heterocycles. The van der Waals surface area contributed by atoms with Crippen molar-refractivity contribution in [1.82, 2.24) is 25.1 Å². The van der Waals surface area contributed by atoms with Crippen molar-refractivity contribution in [3.63, 3.8) is 0 Å². The van der Waals surface area contributed by atoms with Crippen LogP contribution in [0.2, 0.25) is 0 Å². The van der Waals surface area contributed by atoms with E-state index < -0.39 is 0 Å². The summed E-state index contributed by atoms with van der Waals surface area (Å²) in [6, 6.07) is 20.3. The van der Waals surface area contributed by atoms with Crippen LogP contribution in [0.5, 0.6) is 0 Å². The molecule has 5 rings (SSSR count). The minimum Gasteiger partial charge on any atom is -0.349 e. The molecule has 1 saturated carbocycles. The number of hydrogen-bond acceptors (Lipinski definition) is 5. The summed E-state index contributed by atoms with van der Waals surface area (Å²) in [5.74, 6) is 1.38. The highest BCUT2D eigenvalue weighted by Crippen LogP contribution is 2.31. The van der Waals surface area contributed by atoms with E-state index in [4.69, 9.17) is 0 Å². The zero-order chi connectivity index (χ0) is 21.9. The van der Waals surface area contributed by atoms with E-state index in [-0.39, 0.29) is 5.91 Å². The molecule has 160 valence electrons. The molecule has 0 unspecified atom stereocenters. The lowest BCUT2D eigenvalue weighted by Gasteiger charge is -2.12. The van der Waals surface area contributed by atoms with Crippen LogP contribution in [-0.2, 0) is 5.75 Å². The number of aryl methyl sites for hydroxylation is 1. The number of hydrogen-bond donors (Lipinski definition) is 1. The van der Waals surface area contributed by atoms with Gasteiger partial charge in [0, 0.05) is 41.0 Å². The van der Waals surface area contributed by atoms with Crippen LogP contribution >= 0.6 is 11.8 Å². The molecular weight excluding hydrogens is 418 g/mol. The van der Waals surface area contributed by atoms with Gasteiger partial charge in [0.2, 0.25) is 0 Å². The summed E-state index contributed by atoms with van der Waals surface area (Å²) in [4.78, 5) is 16.8. The van der Waals surface area contributed by atoms with Gasteiger partial charge in [-0.3, -0.25) is 14.3 Å². The summed E-state index contributed by atoms with van der Waals surface area (Å²) < 4.78 is 2.07. The Hall–Kier alpha value is -3.45. The zero-order valence-corrected chi connectivity index (χ0v) is 18.5. The Morgan fingerprint density at radius 2 is 1.88 bits per heavy atom. The minimum absolute atomic E-state index is 0.00123. The molecule has 32 heavy (non-hydrogen) atoms. The summed E-state index contributed by atoms with van der Waals surface area (Å²) in [6.45, 7) is 2.07. The van der Waals surface area contributed by atoms with Crippen molar-refractivity contribution in [3.05, 3.63) is 89.7 Å². The summed E-state index contributed by atoms with van der Waals surface area (Å²) in [5, 5.41) is 12.9. The summed E-state index contributed by atoms with van der Waals surface area (Å²) in [7, 11) is 0. The molecule has 0 radical (unpaired) electrons. The molecule has 0 spiro atoms. The van der Waals surface area contributed by atoms with E-state index in [1.165, 1.54) is 0 Å². The quantitative estimate of drug-likeness (QED) is 0.416. The Balaban J connectivity index is 1.47. The van der Waals surface area contributed by atoms with E-state index in [2.05, 4.69) is 50.2 Å². The number of aromatic nitrogens is 4. The maximum Gasteiger partial charge on any atom is 0.251 e. The van der Waals surface area contributed by atoms with Gasteiger partial charge < -0.3 is 5.32 Å². The van der Waals surface area contributed by atoms with Crippen LogP contribution in [0.25, 0.3) is 17.1 Å². The third-order valence-corrected chi connectivity index (χ3v) is 6.34. The number of nitrogens with zero attached hydrogens (tertiary/aromatic N) is 4. The fourth-order valence-electron chi connectivity index (χ4n) is 3.55. The average molecular weight is 442 g/mol. The van der Waals surface area contributed by atoms with Gasteiger partial charge in [-0.05, 0) is 61.2 Å². The SMILES string of the molecule is Cc1cccc(-n2c(SCc3ccccc3C(=O)NC3CC3)nnc2-c2ccncc2)c1. The number of rotatable bonds is 7. The van der Waals surface area contributed by atoms with Crippen molar-refractivity contribution in [1.29, 1.82) is 0 Å². The lowest BCUT2D eigenvalue weighted by atomic mass is 10.1. The molecule has 7 heteroatoms. The molecule has 2 heterocycles. The van der Waals surface area contributed by atoms with Gasteiger partial charge in [0.15, 0.2) is 11.0 Å². The number of nitrogens with one attached hydrogen (secondary N) is 1.